The number of halogens is 1. The molecular formula is C8H7ClN2O3. The van der Waals surface area contributed by atoms with Gasteiger partial charge in [0.2, 0.25) is 0 Å². The van der Waals surface area contributed by atoms with Crippen LogP contribution in [0.3, 0.4) is 0 Å². The van der Waals surface area contributed by atoms with E-state index in [0.717, 1.165) is 0 Å². The molecule has 1 aromatic heterocycles. The summed E-state index contributed by atoms with van der Waals surface area (Å²) >= 11 is 5.51. The highest BCUT2D eigenvalue weighted by Gasteiger charge is 2.24. The molecule has 6 heteroatoms. The van der Waals surface area contributed by atoms with Gasteiger partial charge in [0.05, 0.1) is 13.2 Å². The van der Waals surface area contributed by atoms with Crippen LogP contribution in [0.15, 0.2) is 12.1 Å². The molecule has 1 fully saturated rings. The Morgan fingerprint density at radius 2 is 2.29 bits per heavy atom. The second kappa shape index (κ2) is 3.89. The molecule has 2 heterocycles. The van der Waals surface area contributed by atoms with Gasteiger partial charge in [-0.25, -0.2) is 4.79 Å². The molecule has 1 aliphatic heterocycles. The molecule has 1 aromatic rings. The van der Waals surface area contributed by atoms with Gasteiger partial charge in [0.1, 0.15) is 6.10 Å². The summed E-state index contributed by atoms with van der Waals surface area (Å²) in [6, 6.07) is 2.96. The van der Waals surface area contributed by atoms with Gasteiger partial charge in [-0.3, -0.25) is 0 Å². The van der Waals surface area contributed by atoms with Gasteiger partial charge in [0, 0.05) is 0 Å². The summed E-state index contributed by atoms with van der Waals surface area (Å²) in [6.45, 7) is 0.902. The number of esters is 1. The first kappa shape index (κ1) is 9.36. The number of carbonyl (C=O) groups is 1. The molecule has 0 aromatic carbocycles. The molecule has 0 spiro atoms. The summed E-state index contributed by atoms with van der Waals surface area (Å²) in [4.78, 5) is 11.3. The number of rotatable bonds is 2. The molecule has 74 valence electrons. The molecule has 0 unspecified atom stereocenters. The van der Waals surface area contributed by atoms with Gasteiger partial charge in [-0.1, -0.05) is 11.6 Å². The minimum absolute atomic E-state index is 0.153. The highest BCUT2D eigenvalue weighted by atomic mass is 35.5. The molecule has 0 amide bonds. The lowest BCUT2D eigenvalue weighted by Gasteiger charge is -2.25. The predicted octanol–water partition coefficient (Wildman–Crippen LogP) is 0.686. The van der Waals surface area contributed by atoms with Crippen LogP contribution in [0.5, 0.6) is 0 Å². The molecule has 1 aliphatic rings. The molecule has 1 saturated heterocycles. The average Bonchev–Trinajstić information content (AvgIpc) is 2.12. The zero-order valence-electron chi connectivity index (χ0n) is 7.14. The number of hydrogen-bond acceptors (Lipinski definition) is 5. The molecule has 0 saturated carbocycles. The standard InChI is InChI=1S/C8H7ClN2O3/c9-7-2-1-6(10-11-7)8(12)14-5-3-13-4-5/h1-2,5H,3-4H2. The molecule has 14 heavy (non-hydrogen) atoms. The number of nitrogens with zero attached hydrogens (tertiary/aromatic N) is 2. The predicted molar refractivity (Wildman–Crippen MR) is 47.1 cm³/mol. The summed E-state index contributed by atoms with van der Waals surface area (Å²) in [5, 5.41) is 7.37. The Balaban J connectivity index is 1.99. The lowest BCUT2D eigenvalue weighted by molar-refractivity contribution is -0.103. The lowest BCUT2D eigenvalue weighted by Crippen LogP contribution is -2.38. The van der Waals surface area contributed by atoms with E-state index >= 15 is 0 Å². The van der Waals surface area contributed by atoms with Crippen molar-refractivity contribution >= 4 is 17.6 Å². The summed E-state index contributed by atoms with van der Waals surface area (Å²) in [6.07, 6.45) is -0.153. The number of ether oxygens (including phenoxy) is 2. The van der Waals surface area contributed by atoms with Crippen molar-refractivity contribution in [3.05, 3.63) is 23.0 Å². The van der Waals surface area contributed by atoms with Crippen LogP contribution in [0.4, 0.5) is 0 Å². The highest BCUT2D eigenvalue weighted by molar-refractivity contribution is 6.29. The van der Waals surface area contributed by atoms with Gasteiger partial charge in [0.15, 0.2) is 10.8 Å². The zero-order valence-corrected chi connectivity index (χ0v) is 7.90. The van der Waals surface area contributed by atoms with E-state index in [0.29, 0.717) is 13.2 Å². The van der Waals surface area contributed by atoms with Crippen molar-refractivity contribution in [3.63, 3.8) is 0 Å². The van der Waals surface area contributed by atoms with E-state index in [-0.39, 0.29) is 17.0 Å². The highest BCUT2D eigenvalue weighted by Crippen LogP contribution is 2.09. The van der Waals surface area contributed by atoms with E-state index in [1.807, 2.05) is 0 Å². The average molecular weight is 215 g/mol. The first-order chi connectivity index (χ1) is 6.75. The summed E-state index contributed by atoms with van der Waals surface area (Å²) in [7, 11) is 0. The summed E-state index contributed by atoms with van der Waals surface area (Å²) in [5.41, 5.74) is 0.154. The van der Waals surface area contributed by atoms with Crippen LogP contribution in [0.25, 0.3) is 0 Å². The van der Waals surface area contributed by atoms with E-state index < -0.39 is 5.97 Å². The lowest BCUT2D eigenvalue weighted by atomic mass is 10.3. The van der Waals surface area contributed by atoms with Crippen molar-refractivity contribution in [2.24, 2.45) is 0 Å². The molecule has 2 rings (SSSR count). The second-order valence-corrected chi connectivity index (χ2v) is 3.19. The van der Waals surface area contributed by atoms with Gasteiger partial charge in [-0.2, -0.15) is 0 Å². The van der Waals surface area contributed by atoms with Crippen molar-refractivity contribution in [2.75, 3.05) is 13.2 Å². The van der Waals surface area contributed by atoms with Crippen LogP contribution < -0.4 is 0 Å². The SMILES string of the molecule is O=C(OC1COC1)c1ccc(Cl)nn1. The van der Waals surface area contributed by atoms with Crippen LogP contribution >= 0.6 is 11.6 Å². The minimum Gasteiger partial charge on any atom is -0.453 e. The Hall–Kier alpha value is -1.20. The third-order valence-electron chi connectivity index (χ3n) is 1.72. The van der Waals surface area contributed by atoms with E-state index in [9.17, 15) is 4.79 Å². The van der Waals surface area contributed by atoms with Crippen molar-refractivity contribution in [1.82, 2.24) is 10.2 Å². The van der Waals surface area contributed by atoms with Crippen LogP contribution in [0, 0.1) is 0 Å². The summed E-state index contributed by atoms with van der Waals surface area (Å²) in [5.74, 6) is -0.498. The maximum absolute atomic E-state index is 11.3. The van der Waals surface area contributed by atoms with Crippen LogP contribution in [0.2, 0.25) is 5.15 Å². The third-order valence-corrected chi connectivity index (χ3v) is 1.92. The Morgan fingerprint density at radius 3 is 2.79 bits per heavy atom. The van der Waals surface area contributed by atoms with E-state index in [1.165, 1.54) is 12.1 Å². The van der Waals surface area contributed by atoms with Crippen LogP contribution in [-0.2, 0) is 9.47 Å². The first-order valence-electron chi connectivity index (χ1n) is 4.03. The Bertz CT molecular complexity index is 337. The van der Waals surface area contributed by atoms with Crippen LogP contribution in [0.1, 0.15) is 10.5 Å². The fourth-order valence-corrected chi connectivity index (χ4v) is 1.02. The Labute approximate surface area is 85.0 Å². The minimum atomic E-state index is -0.498. The largest absolute Gasteiger partial charge is 0.453 e. The van der Waals surface area contributed by atoms with Gasteiger partial charge >= 0.3 is 5.97 Å². The van der Waals surface area contributed by atoms with Gasteiger partial charge in [0.25, 0.3) is 0 Å². The zero-order chi connectivity index (χ0) is 9.97. The molecule has 0 atom stereocenters. The Morgan fingerprint density at radius 1 is 1.50 bits per heavy atom. The van der Waals surface area contributed by atoms with Gasteiger partial charge < -0.3 is 9.47 Å². The fourth-order valence-electron chi connectivity index (χ4n) is 0.919. The second-order valence-electron chi connectivity index (χ2n) is 2.81. The number of carbonyl (C=O) groups excluding carboxylic acids is 1. The maximum Gasteiger partial charge on any atom is 0.359 e. The third kappa shape index (κ3) is 2.00. The monoisotopic (exact) mass is 214 g/mol. The maximum atomic E-state index is 11.3. The van der Waals surface area contributed by atoms with Crippen molar-refractivity contribution in [2.45, 2.75) is 6.10 Å². The summed E-state index contributed by atoms with van der Waals surface area (Å²) < 4.78 is 9.86. The number of aromatic nitrogens is 2. The smallest absolute Gasteiger partial charge is 0.359 e. The molecule has 0 bridgehead atoms. The first-order valence-corrected chi connectivity index (χ1v) is 4.41. The van der Waals surface area contributed by atoms with E-state index in [1.54, 1.807) is 0 Å². The molecule has 0 radical (unpaired) electrons. The van der Waals surface area contributed by atoms with Gasteiger partial charge in [-0.15, -0.1) is 10.2 Å². The molecular weight excluding hydrogens is 208 g/mol. The fraction of sp³-hybridized carbons (Fsp3) is 0.375. The van der Waals surface area contributed by atoms with Crippen molar-refractivity contribution in [1.29, 1.82) is 0 Å². The molecule has 0 N–H and O–H groups in total. The van der Waals surface area contributed by atoms with Crippen molar-refractivity contribution < 1.29 is 14.3 Å². The topological polar surface area (TPSA) is 61.3 Å². The molecule has 0 aliphatic carbocycles. The number of hydrogen-bond donors (Lipinski definition) is 0. The van der Waals surface area contributed by atoms with Crippen LogP contribution in [-0.4, -0.2) is 35.5 Å². The Kier molecular flexibility index (Phi) is 2.60. The quantitative estimate of drug-likeness (QED) is 0.678. The van der Waals surface area contributed by atoms with E-state index in [4.69, 9.17) is 21.1 Å². The molecule has 5 nitrogen and oxygen atoms in total. The van der Waals surface area contributed by atoms with Crippen molar-refractivity contribution in [3.8, 4) is 0 Å². The van der Waals surface area contributed by atoms with Gasteiger partial charge in [-0.05, 0) is 12.1 Å². The van der Waals surface area contributed by atoms with E-state index in [2.05, 4.69) is 10.2 Å². The normalized spacial score (nSPS) is 16.1.